The van der Waals surface area contributed by atoms with E-state index < -0.39 is 0 Å². The van der Waals surface area contributed by atoms with E-state index in [-0.39, 0.29) is 6.04 Å². The summed E-state index contributed by atoms with van der Waals surface area (Å²) >= 11 is 1.63. The second kappa shape index (κ2) is 5.01. The van der Waals surface area contributed by atoms with Crippen molar-refractivity contribution in [1.82, 2.24) is 24.5 Å². The van der Waals surface area contributed by atoms with Crippen LogP contribution in [0.2, 0.25) is 0 Å². The van der Waals surface area contributed by atoms with Gasteiger partial charge in [-0.25, -0.2) is 0 Å². The lowest BCUT2D eigenvalue weighted by molar-refractivity contribution is 0.557. The van der Waals surface area contributed by atoms with Crippen molar-refractivity contribution in [1.29, 1.82) is 0 Å². The van der Waals surface area contributed by atoms with E-state index in [0.717, 1.165) is 22.3 Å². The maximum Gasteiger partial charge on any atom is 0.222 e. The van der Waals surface area contributed by atoms with Gasteiger partial charge in [-0.15, -0.1) is 10.2 Å². The minimum absolute atomic E-state index is 0.260. The topological polar surface area (TPSA) is 74.5 Å². The first-order chi connectivity index (χ1) is 8.49. The third kappa shape index (κ3) is 2.50. The van der Waals surface area contributed by atoms with Crippen LogP contribution < -0.4 is 5.73 Å². The third-order valence-electron chi connectivity index (χ3n) is 2.66. The minimum Gasteiger partial charge on any atom is -0.368 e. The fraction of sp³-hybridized carbons (Fsp3) is 0.545. The Morgan fingerprint density at radius 1 is 1.39 bits per heavy atom. The highest BCUT2D eigenvalue weighted by molar-refractivity contribution is 7.98. The molecular formula is C11H18N6S. The van der Waals surface area contributed by atoms with Crippen LogP contribution in [0.15, 0.2) is 11.2 Å². The van der Waals surface area contributed by atoms with Crippen molar-refractivity contribution in [3.05, 3.63) is 17.5 Å². The normalized spacial score (nSPS) is 11.4. The molecule has 2 rings (SSSR count). The molecule has 0 aliphatic carbocycles. The highest BCUT2D eigenvalue weighted by atomic mass is 32.2. The zero-order valence-corrected chi connectivity index (χ0v) is 11.9. The molecule has 18 heavy (non-hydrogen) atoms. The van der Waals surface area contributed by atoms with E-state index >= 15 is 0 Å². The van der Waals surface area contributed by atoms with E-state index in [1.165, 1.54) is 0 Å². The number of rotatable bonds is 4. The molecule has 0 atom stereocenters. The van der Waals surface area contributed by atoms with Crippen molar-refractivity contribution in [2.24, 2.45) is 7.05 Å². The summed E-state index contributed by atoms with van der Waals surface area (Å²) in [6.07, 6.45) is 0. The number of aromatic nitrogens is 5. The van der Waals surface area contributed by atoms with Crippen LogP contribution in [0.3, 0.4) is 0 Å². The number of hydrogen-bond acceptors (Lipinski definition) is 5. The Balaban J connectivity index is 2.13. The van der Waals surface area contributed by atoms with Gasteiger partial charge in [0, 0.05) is 24.5 Å². The SMILES string of the molecule is Cc1cc(CSc2nnc(N)n2C(C)C)n(C)n1. The first-order valence-electron chi connectivity index (χ1n) is 5.81. The summed E-state index contributed by atoms with van der Waals surface area (Å²) in [5, 5.41) is 13.2. The minimum atomic E-state index is 0.260. The Morgan fingerprint density at radius 3 is 2.67 bits per heavy atom. The molecule has 7 heteroatoms. The van der Waals surface area contributed by atoms with Crippen LogP contribution in [-0.2, 0) is 12.8 Å². The van der Waals surface area contributed by atoms with Gasteiger partial charge in [0.2, 0.25) is 5.95 Å². The summed E-state index contributed by atoms with van der Waals surface area (Å²) in [7, 11) is 1.95. The quantitative estimate of drug-likeness (QED) is 0.854. The van der Waals surface area contributed by atoms with E-state index in [1.54, 1.807) is 11.8 Å². The Morgan fingerprint density at radius 2 is 2.11 bits per heavy atom. The highest BCUT2D eigenvalue weighted by Crippen LogP contribution is 2.25. The van der Waals surface area contributed by atoms with Crippen LogP contribution in [0.5, 0.6) is 0 Å². The van der Waals surface area contributed by atoms with Crippen molar-refractivity contribution in [3.63, 3.8) is 0 Å². The van der Waals surface area contributed by atoms with Crippen molar-refractivity contribution < 1.29 is 0 Å². The van der Waals surface area contributed by atoms with Gasteiger partial charge >= 0.3 is 0 Å². The Bertz CT molecular complexity index is 542. The molecule has 0 unspecified atom stereocenters. The lowest BCUT2D eigenvalue weighted by atomic mass is 10.4. The van der Waals surface area contributed by atoms with Crippen molar-refractivity contribution in [2.75, 3.05) is 5.73 Å². The fourth-order valence-electron chi connectivity index (χ4n) is 1.81. The van der Waals surface area contributed by atoms with Crippen LogP contribution in [0, 0.1) is 6.92 Å². The smallest absolute Gasteiger partial charge is 0.222 e. The van der Waals surface area contributed by atoms with Gasteiger partial charge in [-0.05, 0) is 26.8 Å². The van der Waals surface area contributed by atoms with Gasteiger partial charge in [0.25, 0.3) is 0 Å². The molecule has 0 amide bonds. The molecule has 0 fully saturated rings. The van der Waals surface area contributed by atoms with Crippen LogP contribution in [0.25, 0.3) is 0 Å². The zero-order chi connectivity index (χ0) is 13.3. The van der Waals surface area contributed by atoms with Crippen molar-refractivity contribution in [3.8, 4) is 0 Å². The first kappa shape index (κ1) is 12.9. The van der Waals surface area contributed by atoms with Gasteiger partial charge in [-0.1, -0.05) is 11.8 Å². The molecule has 0 bridgehead atoms. The van der Waals surface area contributed by atoms with Crippen molar-refractivity contribution in [2.45, 2.75) is 37.7 Å². The molecule has 2 heterocycles. The van der Waals surface area contributed by atoms with Gasteiger partial charge in [0.1, 0.15) is 0 Å². The number of thioether (sulfide) groups is 1. The van der Waals surface area contributed by atoms with E-state index in [1.807, 2.05) is 23.2 Å². The lowest BCUT2D eigenvalue weighted by Crippen LogP contribution is -2.07. The van der Waals surface area contributed by atoms with Crippen molar-refractivity contribution >= 4 is 17.7 Å². The van der Waals surface area contributed by atoms with Gasteiger partial charge in [0.05, 0.1) is 5.69 Å². The summed E-state index contributed by atoms with van der Waals surface area (Å²) in [5.74, 6) is 1.27. The largest absolute Gasteiger partial charge is 0.368 e. The molecule has 2 aromatic rings. The fourth-order valence-corrected chi connectivity index (χ4v) is 2.90. The van der Waals surface area contributed by atoms with Crippen LogP contribution in [0.4, 0.5) is 5.95 Å². The molecule has 0 aliphatic heterocycles. The summed E-state index contributed by atoms with van der Waals surface area (Å²) in [6, 6.07) is 2.34. The summed E-state index contributed by atoms with van der Waals surface area (Å²) in [4.78, 5) is 0. The first-order valence-corrected chi connectivity index (χ1v) is 6.80. The molecule has 98 valence electrons. The number of anilines is 1. The highest BCUT2D eigenvalue weighted by Gasteiger charge is 2.13. The predicted octanol–water partition coefficient (Wildman–Crippen LogP) is 1.78. The average Bonchev–Trinajstić information content (AvgIpc) is 2.79. The lowest BCUT2D eigenvalue weighted by Gasteiger charge is -2.11. The number of hydrogen-bond donors (Lipinski definition) is 1. The molecule has 0 radical (unpaired) electrons. The van der Waals surface area contributed by atoms with Gasteiger partial charge < -0.3 is 5.73 Å². The van der Waals surface area contributed by atoms with E-state index in [4.69, 9.17) is 5.73 Å². The second-order valence-electron chi connectivity index (χ2n) is 4.49. The monoisotopic (exact) mass is 266 g/mol. The predicted molar refractivity (Wildman–Crippen MR) is 72.3 cm³/mol. The van der Waals surface area contributed by atoms with Crippen LogP contribution in [-0.4, -0.2) is 24.5 Å². The second-order valence-corrected chi connectivity index (χ2v) is 5.44. The Labute approximate surface area is 111 Å². The Kier molecular flexibility index (Phi) is 3.60. The van der Waals surface area contributed by atoms with Gasteiger partial charge in [-0.3, -0.25) is 9.25 Å². The number of aryl methyl sites for hydroxylation is 2. The number of nitrogens with two attached hydrogens (primary N) is 1. The summed E-state index contributed by atoms with van der Waals surface area (Å²) < 4.78 is 3.83. The standard InChI is InChI=1S/C11H18N6S/c1-7(2)17-10(12)13-14-11(17)18-6-9-5-8(3)15-16(9)4/h5,7H,6H2,1-4H3,(H2,12,13). The molecule has 0 aliphatic rings. The summed E-state index contributed by atoms with van der Waals surface area (Å²) in [6.45, 7) is 6.12. The van der Waals surface area contributed by atoms with E-state index in [2.05, 4.69) is 35.2 Å². The van der Waals surface area contributed by atoms with E-state index in [0.29, 0.717) is 5.95 Å². The molecule has 2 aromatic heterocycles. The van der Waals surface area contributed by atoms with Gasteiger partial charge in [-0.2, -0.15) is 5.10 Å². The zero-order valence-electron chi connectivity index (χ0n) is 11.1. The molecule has 0 spiro atoms. The molecule has 6 nitrogen and oxygen atoms in total. The van der Waals surface area contributed by atoms with Crippen LogP contribution >= 0.6 is 11.8 Å². The number of nitrogen functional groups attached to an aromatic ring is 1. The number of nitrogens with zero attached hydrogens (tertiary/aromatic N) is 5. The molecule has 0 aromatic carbocycles. The molecule has 0 saturated carbocycles. The Hall–Kier alpha value is -1.50. The average molecular weight is 266 g/mol. The van der Waals surface area contributed by atoms with E-state index in [9.17, 15) is 0 Å². The summed E-state index contributed by atoms with van der Waals surface area (Å²) in [5.41, 5.74) is 7.99. The molecular weight excluding hydrogens is 248 g/mol. The third-order valence-corrected chi connectivity index (χ3v) is 3.63. The van der Waals surface area contributed by atoms with Crippen LogP contribution in [0.1, 0.15) is 31.3 Å². The maximum atomic E-state index is 5.80. The molecule has 0 saturated heterocycles. The maximum absolute atomic E-state index is 5.80. The molecule has 2 N–H and O–H groups in total. The van der Waals surface area contributed by atoms with Gasteiger partial charge in [0.15, 0.2) is 5.16 Å².